The number of urea groups is 1. The van der Waals surface area contributed by atoms with Crippen LogP contribution in [0, 0.1) is 0 Å². The van der Waals surface area contributed by atoms with E-state index in [1.165, 1.54) is 4.90 Å². The van der Waals surface area contributed by atoms with Gasteiger partial charge < -0.3 is 4.90 Å². The number of hydrazone groups is 1. The molecule has 1 N–H and O–H groups in total. The highest BCUT2D eigenvalue weighted by molar-refractivity contribution is 5.73. The van der Waals surface area contributed by atoms with Gasteiger partial charge in [0, 0.05) is 20.8 Å². The summed E-state index contributed by atoms with van der Waals surface area (Å²) >= 11 is 0. The first-order chi connectivity index (χ1) is 3.68. The standard InChI is InChI=1S/C4H9N3O/c1-5-6-4(8)7(2)3/h1H2,2-3H3,(H,6,8). The maximum atomic E-state index is 10.4. The summed E-state index contributed by atoms with van der Waals surface area (Å²) in [6.45, 7) is 3.07. The number of rotatable bonds is 1. The van der Waals surface area contributed by atoms with Gasteiger partial charge in [0.2, 0.25) is 0 Å². The van der Waals surface area contributed by atoms with Gasteiger partial charge in [-0.05, 0) is 0 Å². The fraction of sp³-hybridized carbons (Fsp3) is 0.500. The molecule has 0 aliphatic rings. The van der Waals surface area contributed by atoms with E-state index in [1.54, 1.807) is 14.1 Å². The Labute approximate surface area is 48.2 Å². The normalized spacial score (nSPS) is 7.75. The van der Waals surface area contributed by atoms with Crippen molar-refractivity contribution in [3.8, 4) is 0 Å². The highest BCUT2D eigenvalue weighted by atomic mass is 16.2. The molecule has 0 aromatic carbocycles. The van der Waals surface area contributed by atoms with Crippen molar-refractivity contribution in [3.63, 3.8) is 0 Å². The predicted octanol–water partition coefficient (Wildman–Crippen LogP) is -0.127. The van der Waals surface area contributed by atoms with Crippen LogP contribution >= 0.6 is 0 Å². The molecule has 0 radical (unpaired) electrons. The minimum Gasteiger partial charge on any atom is -0.329 e. The fourth-order valence-corrected chi connectivity index (χ4v) is 0.168. The van der Waals surface area contributed by atoms with Crippen molar-refractivity contribution < 1.29 is 4.79 Å². The fourth-order valence-electron chi connectivity index (χ4n) is 0.168. The lowest BCUT2D eigenvalue weighted by atomic mass is 10.9. The van der Waals surface area contributed by atoms with Gasteiger partial charge in [-0.25, -0.2) is 10.2 Å². The first-order valence-electron chi connectivity index (χ1n) is 2.11. The molecule has 0 bridgehead atoms. The van der Waals surface area contributed by atoms with Crippen LogP contribution in [-0.4, -0.2) is 31.7 Å². The number of hydrogen-bond acceptors (Lipinski definition) is 2. The van der Waals surface area contributed by atoms with Crippen LogP contribution in [0.25, 0.3) is 0 Å². The van der Waals surface area contributed by atoms with Crippen molar-refractivity contribution in [2.75, 3.05) is 14.1 Å². The van der Waals surface area contributed by atoms with Gasteiger partial charge in [0.25, 0.3) is 0 Å². The van der Waals surface area contributed by atoms with Gasteiger partial charge in [-0.2, -0.15) is 5.10 Å². The van der Waals surface area contributed by atoms with E-state index in [-0.39, 0.29) is 6.03 Å². The Bertz CT molecular complexity index is 99.5. The van der Waals surface area contributed by atoms with Crippen molar-refractivity contribution in [2.24, 2.45) is 5.10 Å². The van der Waals surface area contributed by atoms with Crippen molar-refractivity contribution >= 4 is 12.7 Å². The molecule has 0 rings (SSSR count). The number of carbonyl (C=O) groups excluding carboxylic acids is 1. The van der Waals surface area contributed by atoms with Crippen LogP contribution in [0.4, 0.5) is 4.79 Å². The van der Waals surface area contributed by atoms with Crippen LogP contribution < -0.4 is 5.43 Å². The van der Waals surface area contributed by atoms with Crippen LogP contribution in [-0.2, 0) is 0 Å². The molecule has 4 heteroatoms. The zero-order valence-electron chi connectivity index (χ0n) is 5.01. The zero-order valence-corrected chi connectivity index (χ0v) is 5.01. The van der Waals surface area contributed by atoms with Crippen LogP contribution in [0.15, 0.2) is 5.10 Å². The summed E-state index contributed by atoms with van der Waals surface area (Å²) in [5.74, 6) is 0. The molecule has 0 aromatic rings. The number of nitrogens with zero attached hydrogens (tertiary/aromatic N) is 2. The molecule has 0 saturated heterocycles. The molecule has 0 aliphatic heterocycles. The van der Waals surface area contributed by atoms with Gasteiger partial charge in [0.05, 0.1) is 0 Å². The molecule has 0 heterocycles. The summed E-state index contributed by atoms with van der Waals surface area (Å²) in [6.07, 6.45) is 0. The van der Waals surface area contributed by atoms with Gasteiger partial charge in [0.1, 0.15) is 0 Å². The molecule has 0 aliphatic carbocycles. The smallest absolute Gasteiger partial charge is 0.329 e. The van der Waals surface area contributed by atoms with E-state index < -0.39 is 0 Å². The maximum absolute atomic E-state index is 10.4. The second-order valence-electron chi connectivity index (χ2n) is 1.47. The molecule has 46 valence electrons. The van der Waals surface area contributed by atoms with E-state index in [9.17, 15) is 4.79 Å². The molecular formula is C4H9N3O. The number of nitrogens with one attached hydrogen (secondary N) is 1. The highest BCUT2D eigenvalue weighted by Gasteiger charge is 1.96. The lowest BCUT2D eigenvalue weighted by molar-refractivity contribution is 0.218. The average Bonchev–Trinajstić information content (AvgIpc) is 1.67. The second kappa shape index (κ2) is 3.01. The quantitative estimate of drug-likeness (QED) is 0.375. The van der Waals surface area contributed by atoms with Crippen LogP contribution in [0.1, 0.15) is 0 Å². The summed E-state index contributed by atoms with van der Waals surface area (Å²) in [5, 5.41) is 3.17. The SMILES string of the molecule is C=NNC(=O)N(C)C. The first-order valence-corrected chi connectivity index (χ1v) is 2.11. The third-order valence-corrected chi connectivity index (χ3v) is 0.581. The van der Waals surface area contributed by atoms with Crippen LogP contribution in [0.5, 0.6) is 0 Å². The molecule has 0 fully saturated rings. The Morgan fingerprint density at radius 3 is 2.38 bits per heavy atom. The van der Waals surface area contributed by atoms with Crippen LogP contribution in [0.3, 0.4) is 0 Å². The first kappa shape index (κ1) is 6.94. The van der Waals surface area contributed by atoms with Gasteiger partial charge in [-0.15, -0.1) is 0 Å². The topological polar surface area (TPSA) is 44.7 Å². The summed E-state index contributed by atoms with van der Waals surface area (Å²) in [4.78, 5) is 11.8. The van der Waals surface area contributed by atoms with Gasteiger partial charge in [-0.3, -0.25) is 0 Å². The Hall–Kier alpha value is -1.06. The van der Waals surface area contributed by atoms with E-state index >= 15 is 0 Å². The largest absolute Gasteiger partial charge is 0.337 e. The van der Waals surface area contributed by atoms with Crippen molar-refractivity contribution in [1.82, 2.24) is 10.3 Å². The molecule has 0 atom stereocenters. The van der Waals surface area contributed by atoms with Crippen molar-refractivity contribution in [3.05, 3.63) is 0 Å². The van der Waals surface area contributed by atoms with Crippen molar-refractivity contribution in [1.29, 1.82) is 0 Å². The second-order valence-corrected chi connectivity index (χ2v) is 1.47. The molecule has 0 saturated carbocycles. The minimum absolute atomic E-state index is 0.264. The number of hydrogen-bond donors (Lipinski definition) is 1. The predicted molar refractivity (Wildman–Crippen MR) is 31.8 cm³/mol. The number of carbonyl (C=O) groups is 1. The summed E-state index contributed by atoms with van der Waals surface area (Å²) in [7, 11) is 3.25. The van der Waals surface area contributed by atoms with E-state index in [4.69, 9.17) is 0 Å². The summed E-state index contributed by atoms with van der Waals surface area (Å²) in [6, 6.07) is -0.264. The lowest BCUT2D eigenvalue weighted by Gasteiger charge is -2.06. The van der Waals surface area contributed by atoms with E-state index in [0.29, 0.717) is 0 Å². The Morgan fingerprint density at radius 2 is 2.25 bits per heavy atom. The molecule has 0 spiro atoms. The summed E-state index contributed by atoms with van der Waals surface area (Å²) in [5.41, 5.74) is 2.15. The molecule has 4 nitrogen and oxygen atoms in total. The highest BCUT2D eigenvalue weighted by Crippen LogP contribution is 1.73. The van der Waals surface area contributed by atoms with Gasteiger partial charge >= 0.3 is 6.03 Å². The summed E-state index contributed by atoms with van der Waals surface area (Å²) < 4.78 is 0. The third kappa shape index (κ3) is 2.17. The molecule has 0 unspecified atom stereocenters. The van der Waals surface area contributed by atoms with Crippen molar-refractivity contribution in [2.45, 2.75) is 0 Å². The Balaban J connectivity index is 3.48. The number of amides is 2. The zero-order chi connectivity index (χ0) is 6.57. The third-order valence-electron chi connectivity index (χ3n) is 0.581. The van der Waals surface area contributed by atoms with E-state index in [2.05, 4.69) is 17.2 Å². The molecule has 2 amide bonds. The molecular weight excluding hydrogens is 106 g/mol. The maximum Gasteiger partial charge on any atom is 0.337 e. The molecule has 0 aromatic heterocycles. The van der Waals surface area contributed by atoms with Gasteiger partial charge in [-0.1, -0.05) is 0 Å². The van der Waals surface area contributed by atoms with E-state index in [1.807, 2.05) is 0 Å². The Kier molecular flexibility index (Phi) is 2.61. The Morgan fingerprint density at radius 1 is 1.75 bits per heavy atom. The van der Waals surface area contributed by atoms with Gasteiger partial charge in [0.15, 0.2) is 0 Å². The van der Waals surface area contributed by atoms with E-state index in [0.717, 1.165) is 0 Å². The van der Waals surface area contributed by atoms with Crippen LogP contribution in [0.2, 0.25) is 0 Å². The molecule has 8 heavy (non-hydrogen) atoms. The monoisotopic (exact) mass is 115 g/mol. The minimum atomic E-state index is -0.264. The average molecular weight is 115 g/mol. The lowest BCUT2D eigenvalue weighted by Crippen LogP contribution is -2.30.